The highest BCUT2D eigenvalue weighted by Crippen LogP contribution is 2.46. The Morgan fingerprint density at radius 2 is 1.88 bits per heavy atom. The van der Waals surface area contributed by atoms with E-state index < -0.39 is 30.3 Å². The Kier molecular flexibility index (Phi) is 7.48. The summed E-state index contributed by atoms with van der Waals surface area (Å²) in [5.74, 6) is -1.33. The second-order valence-corrected chi connectivity index (χ2v) is 8.38. The number of carbonyl (C=O) groups is 2. The van der Waals surface area contributed by atoms with E-state index in [0.29, 0.717) is 24.2 Å². The molecule has 0 aliphatic carbocycles. The minimum Gasteiger partial charge on any atom is -0.482 e. The first kappa shape index (κ1) is 23.7. The Morgan fingerprint density at radius 1 is 1.19 bits per heavy atom. The van der Waals surface area contributed by atoms with Crippen molar-refractivity contribution < 1.29 is 33.7 Å². The van der Waals surface area contributed by atoms with E-state index in [-0.39, 0.29) is 24.8 Å². The molecule has 3 atom stereocenters. The van der Waals surface area contributed by atoms with E-state index in [1.165, 1.54) is 12.1 Å². The first-order valence-electron chi connectivity index (χ1n) is 10.5. The average Bonchev–Trinajstić information content (AvgIpc) is 2.72. The summed E-state index contributed by atoms with van der Waals surface area (Å²) in [7, 11) is 0. The third-order valence-corrected chi connectivity index (χ3v) is 5.49. The van der Waals surface area contributed by atoms with E-state index in [0.717, 1.165) is 11.1 Å². The normalized spacial score (nSPS) is 22.9. The molecule has 8 heteroatoms. The highest BCUT2D eigenvalue weighted by Gasteiger charge is 2.41. The molecule has 3 rings (SSSR count). The Morgan fingerprint density at radius 3 is 2.53 bits per heavy atom. The van der Waals surface area contributed by atoms with Crippen molar-refractivity contribution in [3.63, 3.8) is 0 Å². The van der Waals surface area contributed by atoms with Crippen LogP contribution in [0.1, 0.15) is 55.1 Å². The molecular formula is C24H28FNO6. The van der Waals surface area contributed by atoms with Crippen molar-refractivity contribution >= 4 is 11.9 Å². The summed E-state index contributed by atoms with van der Waals surface area (Å²) < 4.78 is 25.4. The van der Waals surface area contributed by atoms with Gasteiger partial charge >= 0.3 is 5.97 Å². The van der Waals surface area contributed by atoms with Gasteiger partial charge in [0.25, 0.3) is 0 Å². The molecule has 1 saturated heterocycles. The standard InChI is InChI=1S/C24H28FNO6/c1-15-3-8-19(31-14-23(29)30)18(11-15)21-13-24(2,26-22(28)9-10-27)12-20(32-21)16-4-6-17(25)7-5-16/h3-8,11,20-21,27H,9-10,12-14H2,1-2H3,(H,26,28)(H,29,30)/t20-,21+,24-/m0/s1. The third-order valence-electron chi connectivity index (χ3n) is 5.49. The minimum absolute atomic E-state index is 0.0141. The molecule has 0 bridgehead atoms. The zero-order chi connectivity index (χ0) is 23.3. The molecule has 3 N–H and O–H groups in total. The number of aliphatic hydroxyl groups is 1. The molecule has 0 radical (unpaired) electrons. The molecule has 0 aromatic heterocycles. The lowest BCUT2D eigenvalue weighted by Gasteiger charge is -2.43. The number of benzene rings is 2. The fourth-order valence-corrected chi connectivity index (χ4v) is 4.05. The highest BCUT2D eigenvalue weighted by atomic mass is 19.1. The SMILES string of the molecule is Cc1ccc(OCC(=O)O)c([C@H]2C[C@@](C)(NC(=O)CCO)C[C@@H](c3ccc(F)cc3)O2)c1. The van der Waals surface area contributed by atoms with Gasteiger partial charge in [-0.25, -0.2) is 9.18 Å². The van der Waals surface area contributed by atoms with Gasteiger partial charge < -0.3 is 25.0 Å². The van der Waals surface area contributed by atoms with Crippen LogP contribution in [0.2, 0.25) is 0 Å². The number of hydrogen-bond acceptors (Lipinski definition) is 5. The monoisotopic (exact) mass is 445 g/mol. The largest absolute Gasteiger partial charge is 0.482 e. The zero-order valence-electron chi connectivity index (χ0n) is 18.1. The van der Waals surface area contributed by atoms with Crippen molar-refractivity contribution in [1.82, 2.24) is 5.32 Å². The highest BCUT2D eigenvalue weighted by molar-refractivity contribution is 5.76. The number of carboxylic acid groups (broad SMARTS) is 1. The van der Waals surface area contributed by atoms with E-state index in [9.17, 15) is 14.0 Å². The van der Waals surface area contributed by atoms with Gasteiger partial charge in [0.05, 0.1) is 18.8 Å². The summed E-state index contributed by atoms with van der Waals surface area (Å²) in [5.41, 5.74) is 1.71. The topological polar surface area (TPSA) is 105 Å². The van der Waals surface area contributed by atoms with E-state index in [4.69, 9.17) is 19.7 Å². The fraction of sp³-hybridized carbons (Fsp3) is 0.417. The number of nitrogens with one attached hydrogen (secondary N) is 1. The zero-order valence-corrected chi connectivity index (χ0v) is 18.1. The summed E-state index contributed by atoms with van der Waals surface area (Å²) in [6.45, 7) is 3.07. The van der Waals surface area contributed by atoms with Crippen molar-refractivity contribution in [2.45, 2.75) is 50.9 Å². The number of halogens is 1. The molecule has 0 saturated carbocycles. The van der Waals surface area contributed by atoms with Crippen LogP contribution >= 0.6 is 0 Å². The Balaban J connectivity index is 1.96. The number of rotatable bonds is 8. The van der Waals surface area contributed by atoms with Crippen molar-refractivity contribution in [3.8, 4) is 5.75 Å². The molecule has 0 unspecified atom stereocenters. The second-order valence-electron chi connectivity index (χ2n) is 8.38. The van der Waals surface area contributed by atoms with Gasteiger partial charge in [0.15, 0.2) is 6.61 Å². The minimum atomic E-state index is -1.09. The molecule has 1 aliphatic heterocycles. The van der Waals surface area contributed by atoms with Gasteiger partial charge in [0, 0.05) is 30.4 Å². The number of carboxylic acids is 1. The predicted molar refractivity (Wildman–Crippen MR) is 115 cm³/mol. The predicted octanol–water partition coefficient (Wildman–Crippen LogP) is 3.45. The van der Waals surface area contributed by atoms with Gasteiger partial charge in [0.1, 0.15) is 11.6 Å². The summed E-state index contributed by atoms with van der Waals surface area (Å²) in [4.78, 5) is 23.3. The smallest absolute Gasteiger partial charge is 0.341 e. The van der Waals surface area contributed by atoms with Gasteiger partial charge in [0.2, 0.25) is 5.91 Å². The van der Waals surface area contributed by atoms with Gasteiger partial charge in [-0.15, -0.1) is 0 Å². The van der Waals surface area contributed by atoms with Crippen molar-refractivity contribution in [3.05, 3.63) is 65.0 Å². The van der Waals surface area contributed by atoms with Crippen LogP contribution in [-0.2, 0) is 14.3 Å². The van der Waals surface area contributed by atoms with Crippen LogP contribution in [0, 0.1) is 12.7 Å². The first-order chi connectivity index (χ1) is 15.2. The molecule has 0 spiro atoms. The molecule has 1 aliphatic rings. The maximum absolute atomic E-state index is 13.5. The quantitative estimate of drug-likeness (QED) is 0.575. The van der Waals surface area contributed by atoms with Crippen LogP contribution in [0.3, 0.4) is 0 Å². The van der Waals surface area contributed by atoms with E-state index in [1.54, 1.807) is 18.2 Å². The number of aryl methyl sites for hydroxylation is 1. The number of amides is 1. The van der Waals surface area contributed by atoms with Gasteiger partial charge in [-0.05, 0) is 43.7 Å². The second kappa shape index (κ2) is 10.1. The summed E-state index contributed by atoms with van der Waals surface area (Å²) in [6, 6.07) is 11.4. The third kappa shape index (κ3) is 6.05. The molecule has 1 amide bonds. The van der Waals surface area contributed by atoms with Crippen LogP contribution in [0.5, 0.6) is 5.75 Å². The van der Waals surface area contributed by atoms with Crippen LogP contribution in [-0.4, -0.2) is 40.8 Å². The first-order valence-corrected chi connectivity index (χ1v) is 10.5. The van der Waals surface area contributed by atoms with Gasteiger partial charge in [-0.2, -0.15) is 0 Å². The molecule has 32 heavy (non-hydrogen) atoms. The molecule has 172 valence electrons. The summed E-state index contributed by atoms with van der Waals surface area (Å²) in [5, 5.41) is 21.1. The average molecular weight is 445 g/mol. The molecule has 2 aromatic carbocycles. The van der Waals surface area contributed by atoms with E-state index in [1.807, 2.05) is 26.0 Å². The van der Waals surface area contributed by atoms with Crippen LogP contribution in [0.25, 0.3) is 0 Å². The van der Waals surface area contributed by atoms with Gasteiger partial charge in [-0.3, -0.25) is 4.79 Å². The van der Waals surface area contributed by atoms with E-state index in [2.05, 4.69) is 5.32 Å². The molecule has 1 fully saturated rings. The van der Waals surface area contributed by atoms with E-state index >= 15 is 0 Å². The van der Waals surface area contributed by atoms with Crippen molar-refractivity contribution in [2.24, 2.45) is 0 Å². The Labute approximate surface area is 186 Å². The number of aliphatic carboxylic acids is 1. The van der Waals surface area contributed by atoms with Crippen molar-refractivity contribution in [2.75, 3.05) is 13.2 Å². The number of ether oxygens (including phenoxy) is 2. The van der Waals surface area contributed by atoms with Crippen LogP contribution in [0.4, 0.5) is 4.39 Å². The fourth-order valence-electron chi connectivity index (χ4n) is 4.05. The van der Waals surface area contributed by atoms with Crippen LogP contribution in [0.15, 0.2) is 42.5 Å². The molecular weight excluding hydrogens is 417 g/mol. The maximum atomic E-state index is 13.5. The summed E-state index contributed by atoms with van der Waals surface area (Å²) in [6.07, 6.45) is -0.110. The lowest BCUT2D eigenvalue weighted by atomic mass is 9.81. The Hall–Kier alpha value is -2.97. The van der Waals surface area contributed by atoms with Crippen LogP contribution < -0.4 is 10.1 Å². The maximum Gasteiger partial charge on any atom is 0.341 e. The molecule has 7 nitrogen and oxygen atoms in total. The lowest BCUT2D eigenvalue weighted by Crippen LogP contribution is -2.51. The molecule has 1 heterocycles. The van der Waals surface area contributed by atoms with Gasteiger partial charge in [-0.1, -0.05) is 23.8 Å². The Bertz CT molecular complexity index is 963. The number of aliphatic hydroxyl groups excluding tert-OH is 1. The van der Waals surface area contributed by atoms with Crippen molar-refractivity contribution in [1.29, 1.82) is 0 Å². The summed E-state index contributed by atoms with van der Waals surface area (Å²) >= 11 is 0. The lowest BCUT2D eigenvalue weighted by molar-refractivity contribution is -0.139. The number of hydrogen-bond donors (Lipinski definition) is 3. The number of carbonyl (C=O) groups excluding carboxylic acids is 1. The molecule has 2 aromatic rings.